The standard InChI is InChI=1S/C8H14N2O/c9-4-3-8(1-2-8)7-10-5-6-11/h10-11H,1-3,5-7H2. The van der Waals surface area contributed by atoms with Crippen LogP contribution in [0.3, 0.4) is 0 Å². The van der Waals surface area contributed by atoms with Crippen molar-refractivity contribution in [2.45, 2.75) is 19.3 Å². The van der Waals surface area contributed by atoms with Gasteiger partial charge >= 0.3 is 0 Å². The van der Waals surface area contributed by atoms with Crippen molar-refractivity contribution >= 4 is 0 Å². The Morgan fingerprint density at radius 2 is 2.27 bits per heavy atom. The minimum Gasteiger partial charge on any atom is -0.395 e. The van der Waals surface area contributed by atoms with Gasteiger partial charge in [0.25, 0.3) is 0 Å². The molecular formula is C8H14N2O. The highest BCUT2D eigenvalue weighted by molar-refractivity contribution is 5.00. The lowest BCUT2D eigenvalue weighted by atomic mass is 10.0. The van der Waals surface area contributed by atoms with Gasteiger partial charge in [-0.05, 0) is 18.3 Å². The lowest BCUT2D eigenvalue weighted by Gasteiger charge is -2.10. The van der Waals surface area contributed by atoms with Crippen molar-refractivity contribution in [3.8, 4) is 6.07 Å². The largest absolute Gasteiger partial charge is 0.395 e. The van der Waals surface area contributed by atoms with Crippen molar-refractivity contribution in [3.05, 3.63) is 0 Å². The average molecular weight is 154 g/mol. The number of aliphatic hydroxyl groups is 1. The number of aliphatic hydroxyl groups excluding tert-OH is 1. The van der Waals surface area contributed by atoms with Crippen molar-refractivity contribution < 1.29 is 5.11 Å². The fourth-order valence-electron chi connectivity index (χ4n) is 1.19. The third-order valence-corrected chi connectivity index (χ3v) is 2.20. The van der Waals surface area contributed by atoms with E-state index in [4.69, 9.17) is 10.4 Å². The van der Waals surface area contributed by atoms with Crippen LogP contribution in [0.2, 0.25) is 0 Å². The molecule has 0 aliphatic heterocycles. The Morgan fingerprint density at radius 1 is 1.55 bits per heavy atom. The van der Waals surface area contributed by atoms with Crippen molar-refractivity contribution in [1.29, 1.82) is 5.26 Å². The quantitative estimate of drug-likeness (QED) is 0.558. The van der Waals surface area contributed by atoms with E-state index >= 15 is 0 Å². The van der Waals surface area contributed by atoms with Crippen LogP contribution in [0, 0.1) is 16.7 Å². The number of nitrogens with one attached hydrogen (secondary N) is 1. The highest BCUT2D eigenvalue weighted by Gasteiger charge is 2.41. The Hall–Kier alpha value is -0.590. The predicted molar refractivity (Wildman–Crippen MR) is 41.9 cm³/mol. The summed E-state index contributed by atoms with van der Waals surface area (Å²) in [5.74, 6) is 0. The van der Waals surface area contributed by atoms with E-state index in [0.29, 0.717) is 13.0 Å². The maximum atomic E-state index is 8.49. The first kappa shape index (κ1) is 8.51. The molecule has 0 aromatic heterocycles. The molecule has 0 saturated heterocycles. The molecular weight excluding hydrogens is 140 g/mol. The topological polar surface area (TPSA) is 56.0 Å². The van der Waals surface area contributed by atoms with Gasteiger partial charge in [0.2, 0.25) is 0 Å². The summed E-state index contributed by atoms with van der Waals surface area (Å²) in [6.07, 6.45) is 2.99. The van der Waals surface area contributed by atoms with E-state index in [-0.39, 0.29) is 12.0 Å². The molecule has 1 rings (SSSR count). The SMILES string of the molecule is N#CCC1(CNCCO)CC1. The summed E-state index contributed by atoms with van der Waals surface area (Å²) in [6.45, 7) is 1.72. The van der Waals surface area contributed by atoms with E-state index in [1.807, 2.05) is 0 Å². The molecule has 0 heterocycles. The molecule has 2 N–H and O–H groups in total. The molecule has 1 aliphatic carbocycles. The number of hydrogen-bond acceptors (Lipinski definition) is 3. The molecule has 11 heavy (non-hydrogen) atoms. The van der Waals surface area contributed by atoms with Gasteiger partial charge in [-0.2, -0.15) is 5.26 Å². The van der Waals surface area contributed by atoms with Crippen LogP contribution in [-0.2, 0) is 0 Å². The second-order valence-corrected chi connectivity index (χ2v) is 3.24. The molecule has 3 nitrogen and oxygen atoms in total. The Kier molecular flexibility index (Phi) is 2.86. The zero-order chi connectivity index (χ0) is 8.16. The van der Waals surface area contributed by atoms with E-state index in [1.54, 1.807) is 0 Å². The van der Waals surface area contributed by atoms with Gasteiger partial charge in [0.15, 0.2) is 0 Å². The molecule has 0 bridgehead atoms. The minimum atomic E-state index is 0.183. The van der Waals surface area contributed by atoms with Crippen LogP contribution < -0.4 is 5.32 Å². The van der Waals surface area contributed by atoms with Gasteiger partial charge < -0.3 is 10.4 Å². The van der Waals surface area contributed by atoms with Crippen molar-refractivity contribution in [2.75, 3.05) is 19.7 Å². The normalized spacial score (nSPS) is 19.3. The van der Waals surface area contributed by atoms with Gasteiger partial charge in [0, 0.05) is 19.5 Å². The minimum absolute atomic E-state index is 0.183. The molecule has 0 aromatic rings. The number of nitriles is 1. The van der Waals surface area contributed by atoms with Gasteiger partial charge in [-0.3, -0.25) is 0 Å². The first-order valence-electron chi connectivity index (χ1n) is 4.01. The smallest absolute Gasteiger partial charge is 0.0628 e. The monoisotopic (exact) mass is 154 g/mol. The maximum absolute atomic E-state index is 8.49. The molecule has 1 aliphatic rings. The lowest BCUT2D eigenvalue weighted by Crippen LogP contribution is -2.26. The molecule has 3 heteroatoms. The van der Waals surface area contributed by atoms with Crippen LogP contribution in [0.4, 0.5) is 0 Å². The highest BCUT2D eigenvalue weighted by Crippen LogP contribution is 2.47. The Bertz CT molecular complexity index is 158. The maximum Gasteiger partial charge on any atom is 0.0628 e. The first-order valence-corrected chi connectivity index (χ1v) is 4.01. The molecule has 0 unspecified atom stereocenters. The Labute approximate surface area is 67.0 Å². The lowest BCUT2D eigenvalue weighted by molar-refractivity contribution is 0.286. The molecule has 62 valence electrons. The number of rotatable bonds is 5. The fraction of sp³-hybridized carbons (Fsp3) is 0.875. The molecule has 1 saturated carbocycles. The highest BCUT2D eigenvalue weighted by atomic mass is 16.3. The average Bonchev–Trinajstić information content (AvgIpc) is 2.71. The molecule has 0 radical (unpaired) electrons. The van der Waals surface area contributed by atoms with Gasteiger partial charge in [-0.25, -0.2) is 0 Å². The van der Waals surface area contributed by atoms with Crippen molar-refractivity contribution in [1.82, 2.24) is 5.32 Å². The summed E-state index contributed by atoms with van der Waals surface area (Å²) < 4.78 is 0. The van der Waals surface area contributed by atoms with Crippen LogP contribution in [-0.4, -0.2) is 24.8 Å². The Morgan fingerprint density at radius 3 is 2.73 bits per heavy atom. The third kappa shape index (κ3) is 2.49. The molecule has 0 amide bonds. The van der Waals surface area contributed by atoms with Crippen molar-refractivity contribution in [3.63, 3.8) is 0 Å². The van der Waals surface area contributed by atoms with E-state index in [2.05, 4.69) is 11.4 Å². The van der Waals surface area contributed by atoms with Crippen LogP contribution in [0.5, 0.6) is 0 Å². The summed E-state index contributed by atoms with van der Waals surface area (Å²) >= 11 is 0. The molecule has 0 aromatic carbocycles. The van der Waals surface area contributed by atoms with Crippen LogP contribution >= 0.6 is 0 Å². The van der Waals surface area contributed by atoms with Crippen molar-refractivity contribution in [2.24, 2.45) is 5.41 Å². The number of hydrogen-bond donors (Lipinski definition) is 2. The summed E-state index contributed by atoms with van der Waals surface area (Å²) in [6, 6.07) is 2.19. The van der Waals surface area contributed by atoms with E-state index < -0.39 is 0 Å². The molecule has 0 atom stereocenters. The van der Waals surface area contributed by atoms with E-state index in [1.165, 1.54) is 12.8 Å². The van der Waals surface area contributed by atoms with Gasteiger partial charge in [-0.1, -0.05) is 0 Å². The molecule has 0 spiro atoms. The second kappa shape index (κ2) is 3.70. The summed E-state index contributed by atoms with van der Waals surface area (Å²) in [4.78, 5) is 0. The van der Waals surface area contributed by atoms with Crippen LogP contribution in [0.25, 0.3) is 0 Å². The summed E-state index contributed by atoms with van der Waals surface area (Å²) in [5.41, 5.74) is 0.268. The van der Waals surface area contributed by atoms with Gasteiger partial charge in [0.05, 0.1) is 12.7 Å². The Balaban J connectivity index is 2.10. The summed E-state index contributed by atoms with van der Waals surface area (Å²) in [5, 5.41) is 20.1. The zero-order valence-electron chi connectivity index (χ0n) is 6.64. The van der Waals surface area contributed by atoms with Crippen LogP contribution in [0.1, 0.15) is 19.3 Å². The first-order chi connectivity index (χ1) is 5.33. The summed E-state index contributed by atoms with van der Waals surface area (Å²) in [7, 11) is 0. The second-order valence-electron chi connectivity index (χ2n) is 3.24. The van der Waals surface area contributed by atoms with Gasteiger partial charge in [0.1, 0.15) is 0 Å². The third-order valence-electron chi connectivity index (χ3n) is 2.20. The predicted octanol–water partition coefficient (Wildman–Crippen LogP) is 0.262. The number of nitrogens with zero attached hydrogens (tertiary/aromatic N) is 1. The van der Waals surface area contributed by atoms with Crippen LogP contribution in [0.15, 0.2) is 0 Å². The molecule has 1 fully saturated rings. The fourth-order valence-corrected chi connectivity index (χ4v) is 1.19. The van der Waals surface area contributed by atoms with E-state index in [0.717, 1.165) is 6.54 Å². The van der Waals surface area contributed by atoms with E-state index in [9.17, 15) is 0 Å². The van der Waals surface area contributed by atoms with Gasteiger partial charge in [-0.15, -0.1) is 0 Å². The zero-order valence-corrected chi connectivity index (χ0v) is 6.64.